The lowest BCUT2D eigenvalue weighted by Gasteiger charge is -2.33. The number of aromatic hydroxyl groups is 1. The van der Waals surface area contributed by atoms with E-state index in [9.17, 15) is 9.90 Å². The summed E-state index contributed by atoms with van der Waals surface area (Å²) in [6.45, 7) is 4.61. The summed E-state index contributed by atoms with van der Waals surface area (Å²) in [4.78, 5) is 14.5. The first-order chi connectivity index (χ1) is 11.1. The summed E-state index contributed by atoms with van der Waals surface area (Å²) in [6.07, 6.45) is 1.05. The largest absolute Gasteiger partial charge is 0.507 e. The van der Waals surface area contributed by atoms with E-state index in [1.807, 2.05) is 0 Å². The zero-order chi connectivity index (χ0) is 16.2. The zero-order valence-electron chi connectivity index (χ0n) is 13.3. The van der Waals surface area contributed by atoms with Crippen LogP contribution < -0.4 is 5.32 Å². The van der Waals surface area contributed by atoms with E-state index < -0.39 is 0 Å². The molecule has 2 aromatic carbocycles. The van der Waals surface area contributed by atoms with Gasteiger partial charge in [-0.05, 0) is 36.6 Å². The maximum absolute atomic E-state index is 12.2. The summed E-state index contributed by atoms with van der Waals surface area (Å²) in [6, 6.07) is 15.4. The van der Waals surface area contributed by atoms with Crippen LogP contribution in [0.3, 0.4) is 0 Å². The monoisotopic (exact) mass is 310 g/mol. The van der Waals surface area contributed by atoms with Crippen LogP contribution in [0, 0.1) is 0 Å². The maximum atomic E-state index is 12.2. The standard InChI is InChI=1S/C19H22N2O2/c1-14(12-20-19(23)17-8-4-5-9-18(17)22)21-11-10-15-6-2-3-7-16(15)13-21/h2-9,14,22H,10-13H2,1H3,(H,20,23)/t14-/m1/s1. The molecule has 2 N–H and O–H groups in total. The average Bonchev–Trinajstić information content (AvgIpc) is 2.59. The van der Waals surface area contributed by atoms with Gasteiger partial charge in [-0.3, -0.25) is 9.69 Å². The smallest absolute Gasteiger partial charge is 0.255 e. The van der Waals surface area contributed by atoms with E-state index in [0.29, 0.717) is 12.1 Å². The Morgan fingerprint density at radius 2 is 1.87 bits per heavy atom. The predicted molar refractivity (Wildman–Crippen MR) is 90.5 cm³/mol. The van der Waals surface area contributed by atoms with Crippen molar-refractivity contribution in [3.05, 3.63) is 65.2 Å². The molecule has 1 heterocycles. The Morgan fingerprint density at radius 3 is 2.65 bits per heavy atom. The second-order valence-corrected chi connectivity index (χ2v) is 6.07. The Bertz CT molecular complexity index is 699. The quantitative estimate of drug-likeness (QED) is 0.912. The first-order valence-electron chi connectivity index (χ1n) is 8.02. The molecule has 4 nitrogen and oxygen atoms in total. The third-order valence-electron chi connectivity index (χ3n) is 4.49. The van der Waals surface area contributed by atoms with Gasteiger partial charge in [-0.1, -0.05) is 36.4 Å². The van der Waals surface area contributed by atoms with Crippen molar-refractivity contribution >= 4 is 5.91 Å². The van der Waals surface area contributed by atoms with Gasteiger partial charge in [0.15, 0.2) is 0 Å². The lowest BCUT2D eigenvalue weighted by Crippen LogP contribution is -2.44. The van der Waals surface area contributed by atoms with E-state index in [0.717, 1.165) is 19.5 Å². The number of fused-ring (bicyclic) bond motifs is 1. The number of amides is 1. The van der Waals surface area contributed by atoms with Crippen molar-refractivity contribution in [1.82, 2.24) is 10.2 Å². The molecule has 0 aliphatic carbocycles. The van der Waals surface area contributed by atoms with E-state index in [4.69, 9.17) is 0 Å². The van der Waals surface area contributed by atoms with Gasteiger partial charge in [0.25, 0.3) is 5.91 Å². The van der Waals surface area contributed by atoms with Crippen LogP contribution >= 0.6 is 0 Å². The van der Waals surface area contributed by atoms with Gasteiger partial charge >= 0.3 is 0 Å². The second kappa shape index (κ2) is 6.84. The van der Waals surface area contributed by atoms with Crippen LogP contribution in [-0.4, -0.2) is 35.0 Å². The summed E-state index contributed by atoms with van der Waals surface area (Å²) in [7, 11) is 0. The van der Waals surface area contributed by atoms with Crippen molar-refractivity contribution in [2.75, 3.05) is 13.1 Å². The molecule has 0 bridgehead atoms. The maximum Gasteiger partial charge on any atom is 0.255 e. The van der Waals surface area contributed by atoms with Gasteiger partial charge in [0, 0.05) is 25.7 Å². The number of carbonyl (C=O) groups excluding carboxylic acids is 1. The SMILES string of the molecule is C[C@H](CNC(=O)c1ccccc1O)N1CCc2ccccc2C1. The Balaban J connectivity index is 1.57. The van der Waals surface area contributed by atoms with Crippen molar-refractivity contribution in [3.8, 4) is 5.75 Å². The lowest BCUT2D eigenvalue weighted by atomic mass is 9.99. The van der Waals surface area contributed by atoms with E-state index in [1.165, 1.54) is 17.2 Å². The van der Waals surface area contributed by atoms with Crippen molar-refractivity contribution in [2.24, 2.45) is 0 Å². The topological polar surface area (TPSA) is 52.6 Å². The number of carbonyl (C=O) groups is 1. The van der Waals surface area contributed by atoms with Gasteiger partial charge < -0.3 is 10.4 Å². The Labute approximate surface area is 136 Å². The number of phenolic OH excluding ortho intramolecular Hbond substituents is 1. The summed E-state index contributed by atoms with van der Waals surface area (Å²) < 4.78 is 0. The van der Waals surface area contributed by atoms with Gasteiger partial charge in [0.1, 0.15) is 5.75 Å². The zero-order valence-corrected chi connectivity index (χ0v) is 13.3. The molecule has 23 heavy (non-hydrogen) atoms. The number of phenols is 1. The van der Waals surface area contributed by atoms with E-state index in [-0.39, 0.29) is 17.7 Å². The van der Waals surface area contributed by atoms with Crippen LogP contribution in [0.25, 0.3) is 0 Å². The van der Waals surface area contributed by atoms with E-state index in [1.54, 1.807) is 18.2 Å². The average molecular weight is 310 g/mol. The summed E-state index contributed by atoms with van der Waals surface area (Å²) >= 11 is 0. The van der Waals surface area contributed by atoms with E-state index in [2.05, 4.69) is 41.4 Å². The van der Waals surface area contributed by atoms with Gasteiger partial charge in [-0.2, -0.15) is 0 Å². The second-order valence-electron chi connectivity index (χ2n) is 6.07. The molecule has 1 aliphatic heterocycles. The molecule has 0 spiro atoms. The fraction of sp³-hybridized carbons (Fsp3) is 0.316. The molecule has 0 fully saturated rings. The minimum Gasteiger partial charge on any atom is -0.507 e. The van der Waals surface area contributed by atoms with Gasteiger partial charge in [0.05, 0.1) is 5.56 Å². The fourth-order valence-corrected chi connectivity index (χ4v) is 3.02. The number of nitrogens with zero attached hydrogens (tertiary/aromatic N) is 1. The number of nitrogens with one attached hydrogen (secondary N) is 1. The molecule has 0 saturated heterocycles. The highest BCUT2D eigenvalue weighted by molar-refractivity contribution is 5.96. The minimum atomic E-state index is -0.229. The first kappa shape index (κ1) is 15.6. The van der Waals surface area contributed by atoms with Crippen LogP contribution in [0.2, 0.25) is 0 Å². The third kappa shape index (κ3) is 3.54. The summed E-state index contributed by atoms with van der Waals surface area (Å²) in [5, 5.41) is 12.7. The fourth-order valence-electron chi connectivity index (χ4n) is 3.02. The number of para-hydroxylation sites is 1. The molecular formula is C19H22N2O2. The highest BCUT2D eigenvalue weighted by atomic mass is 16.3. The number of hydrogen-bond donors (Lipinski definition) is 2. The molecule has 0 aromatic heterocycles. The molecule has 1 amide bonds. The lowest BCUT2D eigenvalue weighted by molar-refractivity contribution is 0.0930. The Morgan fingerprint density at radius 1 is 1.17 bits per heavy atom. The number of rotatable bonds is 4. The van der Waals surface area contributed by atoms with E-state index >= 15 is 0 Å². The van der Waals surface area contributed by atoms with Gasteiger partial charge in [-0.15, -0.1) is 0 Å². The van der Waals surface area contributed by atoms with Gasteiger partial charge in [0.2, 0.25) is 0 Å². The molecule has 4 heteroatoms. The molecule has 2 aromatic rings. The normalized spacial score (nSPS) is 15.7. The van der Waals surface area contributed by atoms with Crippen molar-refractivity contribution in [1.29, 1.82) is 0 Å². The van der Waals surface area contributed by atoms with Gasteiger partial charge in [-0.25, -0.2) is 0 Å². The van der Waals surface area contributed by atoms with Crippen LogP contribution in [-0.2, 0) is 13.0 Å². The molecule has 1 aliphatic rings. The molecule has 0 radical (unpaired) electrons. The van der Waals surface area contributed by atoms with Crippen molar-refractivity contribution in [2.45, 2.75) is 25.9 Å². The Hall–Kier alpha value is -2.33. The molecule has 0 unspecified atom stereocenters. The predicted octanol–water partition coefficient (Wildman–Crippen LogP) is 2.57. The third-order valence-corrected chi connectivity index (χ3v) is 4.49. The Kier molecular flexibility index (Phi) is 4.63. The number of hydrogen-bond acceptors (Lipinski definition) is 3. The molecule has 1 atom stereocenters. The highest BCUT2D eigenvalue weighted by Gasteiger charge is 2.21. The van der Waals surface area contributed by atoms with Crippen molar-refractivity contribution < 1.29 is 9.90 Å². The molecule has 3 rings (SSSR count). The summed E-state index contributed by atoms with van der Waals surface area (Å²) in [5.41, 5.74) is 3.12. The van der Waals surface area contributed by atoms with Crippen LogP contribution in [0.15, 0.2) is 48.5 Å². The first-order valence-corrected chi connectivity index (χ1v) is 8.02. The molecular weight excluding hydrogens is 288 g/mol. The molecule has 0 saturated carbocycles. The number of benzene rings is 2. The van der Waals surface area contributed by atoms with Crippen LogP contribution in [0.5, 0.6) is 5.75 Å². The van der Waals surface area contributed by atoms with Crippen molar-refractivity contribution in [3.63, 3.8) is 0 Å². The minimum absolute atomic E-state index is 0.0181. The molecule has 120 valence electrons. The van der Waals surface area contributed by atoms with Crippen LogP contribution in [0.4, 0.5) is 0 Å². The highest BCUT2D eigenvalue weighted by Crippen LogP contribution is 2.20. The summed E-state index contributed by atoms with van der Waals surface area (Å²) in [5.74, 6) is -0.211. The van der Waals surface area contributed by atoms with Crippen LogP contribution in [0.1, 0.15) is 28.4 Å².